The molecule has 5 heteroatoms. The molecule has 0 spiro atoms. The molecule has 0 amide bonds. The van der Waals surface area contributed by atoms with E-state index in [9.17, 15) is 9.90 Å². The van der Waals surface area contributed by atoms with Crippen molar-refractivity contribution in [1.29, 1.82) is 0 Å². The molecular formula is C12H18ClNO3. The van der Waals surface area contributed by atoms with Crippen molar-refractivity contribution in [2.45, 2.75) is 6.92 Å². The number of aromatic carboxylic acids is 1. The van der Waals surface area contributed by atoms with Crippen molar-refractivity contribution < 1.29 is 19.5 Å². The molecule has 0 fully saturated rings. The monoisotopic (exact) mass is 259 g/mol. The minimum absolute atomic E-state index is 0.0649. The molecule has 0 saturated carbocycles. The molecule has 0 saturated heterocycles. The number of rotatable bonds is 2. The largest absolute Gasteiger partial charge is 0.871 e. The second-order valence-electron chi connectivity index (χ2n) is 4.53. The molecule has 1 aromatic rings. The van der Waals surface area contributed by atoms with Gasteiger partial charge in [0.1, 0.15) is 0 Å². The summed E-state index contributed by atoms with van der Waals surface area (Å²) in [5.74, 6) is -1.89. The first-order valence-electron chi connectivity index (χ1n) is 5.18. The Hall–Kier alpha value is -1.26. The SMILES string of the molecule is CC[N+](C)(C)C.O=C(O)c1cccc(Cl)c1[O-]. The van der Waals surface area contributed by atoms with Crippen LogP contribution in [0.25, 0.3) is 0 Å². The van der Waals surface area contributed by atoms with E-state index in [-0.39, 0.29) is 10.6 Å². The van der Waals surface area contributed by atoms with Crippen LogP contribution in [-0.4, -0.2) is 43.2 Å². The van der Waals surface area contributed by atoms with Crippen LogP contribution in [0.2, 0.25) is 5.02 Å². The lowest BCUT2D eigenvalue weighted by Gasteiger charge is -2.20. The van der Waals surface area contributed by atoms with Gasteiger partial charge in [-0.1, -0.05) is 23.4 Å². The minimum Gasteiger partial charge on any atom is -0.871 e. The summed E-state index contributed by atoms with van der Waals surface area (Å²) in [5, 5.41) is 19.3. The maximum Gasteiger partial charge on any atom is 0.335 e. The summed E-state index contributed by atoms with van der Waals surface area (Å²) in [7, 11) is 6.54. The predicted molar refractivity (Wildman–Crippen MR) is 66.4 cm³/mol. The third-order valence-corrected chi connectivity index (χ3v) is 2.44. The fourth-order valence-electron chi connectivity index (χ4n) is 0.677. The summed E-state index contributed by atoms with van der Waals surface area (Å²) in [6.45, 7) is 3.39. The molecule has 0 atom stereocenters. The molecule has 96 valence electrons. The summed E-state index contributed by atoms with van der Waals surface area (Å²) >= 11 is 5.38. The van der Waals surface area contributed by atoms with E-state index < -0.39 is 11.7 Å². The van der Waals surface area contributed by atoms with E-state index in [1.165, 1.54) is 24.7 Å². The molecule has 1 rings (SSSR count). The molecule has 0 aliphatic carbocycles. The van der Waals surface area contributed by atoms with Crippen LogP contribution in [0.1, 0.15) is 17.3 Å². The number of halogens is 1. The van der Waals surface area contributed by atoms with Crippen molar-refractivity contribution in [3.63, 3.8) is 0 Å². The minimum atomic E-state index is -1.25. The van der Waals surface area contributed by atoms with Crippen molar-refractivity contribution in [1.82, 2.24) is 0 Å². The molecule has 1 aromatic carbocycles. The maximum atomic E-state index is 10.9. The molecule has 0 aliphatic rings. The summed E-state index contributed by atoms with van der Waals surface area (Å²) in [4.78, 5) is 10.3. The first kappa shape index (κ1) is 15.7. The van der Waals surface area contributed by atoms with Gasteiger partial charge in [0.15, 0.2) is 0 Å². The molecule has 0 heterocycles. The lowest BCUT2D eigenvalue weighted by Crippen LogP contribution is -2.33. The Morgan fingerprint density at radius 2 is 1.88 bits per heavy atom. The molecule has 0 aliphatic heterocycles. The number of carboxylic acid groups (broad SMARTS) is 1. The fraction of sp³-hybridized carbons (Fsp3) is 0.417. The van der Waals surface area contributed by atoms with E-state index >= 15 is 0 Å². The number of hydrogen-bond acceptors (Lipinski definition) is 2. The highest BCUT2D eigenvalue weighted by molar-refractivity contribution is 6.32. The van der Waals surface area contributed by atoms with Gasteiger partial charge in [-0.05, 0) is 19.1 Å². The van der Waals surface area contributed by atoms with Crippen LogP contribution in [0, 0.1) is 0 Å². The Balaban J connectivity index is 0.000000366. The van der Waals surface area contributed by atoms with Gasteiger partial charge in [0, 0.05) is 5.02 Å². The number of quaternary nitrogens is 1. The van der Waals surface area contributed by atoms with Crippen LogP contribution in [0.15, 0.2) is 18.2 Å². The third-order valence-electron chi connectivity index (χ3n) is 2.15. The van der Waals surface area contributed by atoms with Gasteiger partial charge in [-0.3, -0.25) is 0 Å². The highest BCUT2D eigenvalue weighted by Gasteiger charge is 2.03. The van der Waals surface area contributed by atoms with Crippen LogP contribution in [-0.2, 0) is 0 Å². The van der Waals surface area contributed by atoms with Gasteiger partial charge in [-0.25, -0.2) is 4.79 Å². The third kappa shape index (κ3) is 6.14. The second-order valence-corrected chi connectivity index (χ2v) is 4.94. The van der Waals surface area contributed by atoms with Gasteiger partial charge >= 0.3 is 5.97 Å². The molecule has 0 bridgehead atoms. The van der Waals surface area contributed by atoms with Gasteiger partial charge in [0.2, 0.25) is 0 Å². The topological polar surface area (TPSA) is 60.4 Å². The first-order chi connectivity index (χ1) is 7.69. The van der Waals surface area contributed by atoms with Gasteiger partial charge in [-0.15, -0.1) is 0 Å². The zero-order valence-electron chi connectivity index (χ0n) is 10.5. The average Bonchev–Trinajstić information content (AvgIpc) is 2.21. The van der Waals surface area contributed by atoms with Crippen molar-refractivity contribution in [3.05, 3.63) is 28.8 Å². The molecule has 17 heavy (non-hydrogen) atoms. The summed E-state index contributed by atoms with van der Waals surface area (Å²) in [6.07, 6.45) is 0. The Bertz CT molecular complexity index is 386. The lowest BCUT2D eigenvalue weighted by molar-refractivity contribution is -0.868. The van der Waals surface area contributed by atoms with Crippen molar-refractivity contribution in [3.8, 4) is 5.75 Å². The van der Waals surface area contributed by atoms with Gasteiger partial charge in [-0.2, -0.15) is 0 Å². The highest BCUT2D eigenvalue weighted by Crippen LogP contribution is 2.23. The molecule has 0 aromatic heterocycles. The zero-order valence-corrected chi connectivity index (χ0v) is 11.3. The molecule has 1 N–H and O–H groups in total. The van der Waals surface area contributed by atoms with Crippen molar-refractivity contribution >= 4 is 17.6 Å². The number of nitrogens with zero attached hydrogens (tertiary/aromatic N) is 1. The Labute approximate surface area is 107 Å². The summed E-state index contributed by atoms with van der Waals surface area (Å²) < 4.78 is 1.07. The van der Waals surface area contributed by atoms with Crippen LogP contribution >= 0.6 is 11.6 Å². The van der Waals surface area contributed by atoms with E-state index in [1.54, 1.807) is 0 Å². The molecule has 0 radical (unpaired) electrons. The van der Waals surface area contributed by atoms with Gasteiger partial charge in [0.25, 0.3) is 0 Å². The number of benzene rings is 1. The predicted octanol–water partition coefficient (Wildman–Crippen LogP) is 1.82. The van der Waals surface area contributed by atoms with Crippen LogP contribution in [0.3, 0.4) is 0 Å². The van der Waals surface area contributed by atoms with E-state index in [2.05, 4.69) is 28.1 Å². The van der Waals surface area contributed by atoms with Crippen molar-refractivity contribution in [2.24, 2.45) is 0 Å². The fourth-order valence-corrected chi connectivity index (χ4v) is 0.852. The lowest BCUT2D eigenvalue weighted by atomic mass is 10.2. The van der Waals surface area contributed by atoms with E-state index in [1.807, 2.05) is 0 Å². The van der Waals surface area contributed by atoms with Crippen LogP contribution < -0.4 is 5.11 Å². The Morgan fingerprint density at radius 3 is 2.18 bits per heavy atom. The molecular weight excluding hydrogens is 242 g/mol. The van der Waals surface area contributed by atoms with Gasteiger partial charge in [0.05, 0.1) is 33.3 Å². The van der Waals surface area contributed by atoms with E-state index in [0.717, 1.165) is 4.48 Å². The molecule has 4 nitrogen and oxygen atoms in total. The van der Waals surface area contributed by atoms with Crippen molar-refractivity contribution in [2.75, 3.05) is 27.7 Å². The summed E-state index contributed by atoms with van der Waals surface area (Å²) in [6, 6.07) is 4.00. The number of carbonyl (C=O) groups is 1. The van der Waals surface area contributed by atoms with Crippen LogP contribution in [0.4, 0.5) is 0 Å². The Kier molecular flexibility index (Phi) is 5.99. The highest BCUT2D eigenvalue weighted by atomic mass is 35.5. The summed E-state index contributed by atoms with van der Waals surface area (Å²) in [5.41, 5.74) is -0.294. The number of para-hydroxylation sites is 1. The van der Waals surface area contributed by atoms with E-state index in [0.29, 0.717) is 0 Å². The Morgan fingerprint density at radius 1 is 1.41 bits per heavy atom. The maximum absolute atomic E-state index is 10.9. The van der Waals surface area contributed by atoms with Crippen LogP contribution in [0.5, 0.6) is 5.75 Å². The number of hydrogen-bond donors (Lipinski definition) is 1. The standard InChI is InChI=1S/C7H5ClO3.C5H14N/c8-5-3-1-2-4(6(5)9)7(10)11;1-5-6(2,3)4/h1-3,9H,(H,10,11);5H2,1-4H3/q;+1/p-1. The quantitative estimate of drug-likeness (QED) is 0.825. The average molecular weight is 260 g/mol. The number of carboxylic acids is 1. The second kappa shape index (κ2) is 6.47. The van der Waals surface area contributed by atoms with E-state index in [4.69, 9.17) is 16.7 Å². The van der Waals surface area contributed by atoms with Gasteiger partial charge < -0.3 is 14.7 Å². The first-order valence-corrected chi connectivity index (χ1v) is 5.56. The normalized spacial score (nSPS) is 10.4. The zero-order chi connectivity index (χ0) is 13.6. The smallest absolute Gasteiger partial charge is 0.335 e. The molecule has 0 unspecified atom stereocenters.